The van der Waals surface area contributed by atoms with Crippen molar-refractivity contribution in [3.05, 3.63) is 77.6 Å². The van der Waals surface area contributed by atoms with E-state index in [4.69, 9.17) is 11.6 Å². The van der Waals surface area contributed by atoms with E-state index in [1.807, 2.05) is 41.9 Å². The Labute approximate surface area is 143 Å². The van der Waals surface area contributed by atoms with Gasteiger partial charge in [-0.1, -0.05) is 17.7 Å². The second kappa shape index (κ2) is 5.73. The minimum Gasteiger partial charge on any atom is -0.306 e. The van der Waals surface area contributed by atoms with Gasteiger partial charge in [0, 0.05) is 41.5 Å². The van der Waals surface area contributed by atoms with E-state index < -0.39 is 5.82 Å². The highest BCUT2D eigenvalue weighted by Gasteiger charge is 2.13. The van der Waals surface area contributed by atoms with Crippen molar-refractivity contribution in [2.75, 3.05) is 0 Å². The Kier molecular flexibility index (Phi) is 3.54. The molecule has 0 atom stereocenters. The highest BCUT2D eigenvalue weighted by Crippen LogP contribution is 2.33. The minimum atomic E-state index is -0.436. The molecule has 3 heterocycles. The molecule has 0 spiro atoms. The van der Waals surface area contributed by atoms with Gasteiger partial charge in [-0.2, -0.15) is 0 Å². The summed E-state index contributed by atoms with van der Waals surface area (Å²) in [6.07, 6.45) is 7.43. The number of fused-ring (bicyclic) bond motifs is 1. The Balaban J connectivity index is 1.95. The molecule has 0 N–H and O–H groups in total. The Bertz CT molecular complexity index is 1060. The van der Waals surface area contributed by atoms with Crippen LogP contribution < -0.4 is 0 Å². The molecule has 0 radical (unpaired) electrons. The molecule has 0 fully saturated rings. The molecular weight excluding hydrogens is 325 g/mol. The van der Waals surface area contributed by atoms with Crippen molar-refractivity contribution in [3.63, 3.8) is 0 Å². The van der Waals surface area contributed by atoms with Gasteiger partial charge in [-0.05, 0) is 42.8 Å². The van der Waals surface area contributed by atoms with Crippen molar-refractivity contribution in [1.82, 2.24) is 14.4 Å². The number of aryl methyl sites for hydroxylation is 1. The lowest BCUT2D eigenvalue weighted by molar-refractivity contribution is 0.628. The van der Waals surface area contributed by atoms with Gasteiger partial charge < -0.3 is 4.40 Å². The third-order valence-electron chi connectivity index (χ3n) is 4.03. The third kappa shape index (κ3) is 2.45. The molecular formula is C19H13ClFN3. The van der Waals surface area contributed by atoms with Crippen LogP contribution in [0, 0.1) is 12.7 Å². The predicted molar refractivity (Wildman–Crippen MR) is 93.6 cm³/mol. The summed E-state index contributed by atoms with van der Waals surface area (Å²) in [6, 6.07) is 10.6. The summed E-state index contributed by atoms with van der Waals surface area (Å²) < 4.78 is 15.4. The summed E-state index contributed by atoms with van der Waals surface area (Å²) in [5, 5.41) is 0.0888. The van der Waals surface area contributed by atoms with Crippen molar-refractivity contribution in [3.8, 4) is 22.4 Å². The van der Waals surface area contributed by atoms with Gasteiger partial charge in [0.25, 0.3) is 0 Å². The molecule has 5 heteroatoms. The molecule has 0 saturated heterocycles. The molecule has 0 saturated carbocycles. The van der Waals surface area contributed by atoms with E-state index in [2.05, 4.69) is 9.97 Å². The molecule has 1 aromatic carbocycles. The van der Waals surface area contributed by atoms with Crippen LogP contribution in [0.2, 0.25) is 5.02 Å². The van der Waals surface area contributed by atoms with Gasteiger partial charge in [0.05, 0.1) is 10.7 Å². The van der Waals surface area contributed by atoms with Gasteiger partial charge in [0.1, 0.15) is 11.5 Å². The summed E-state index contributed by atoms with van der Waals surface area (Å²) in [6.45, 7) is 2.04. The van der Waals surface area contributed by atoms with Crippen LogP contribution in [0.15, 0.2) is 61.2 Å². The third-order valence-corrected chi connectivity index (χ3v) is 4.32. The number of rotatable bonds is 2. The van der Waals surface area contributed by atoms with E-state index >= 15 is 0 Å². The van der Waals surface area contributed by atoms with Gasteiger partial charge >= 0.3 is 0 Å². The maximum atomic E-state index is 13.5. The number of imidazole rings is 1. The largest absolute Gasteiger partial charge is 0.306 e. The number of benzene rings is 1. The normalized spacial score (nSPS) is 11.1. The summed E-state index contributed by atoms with van der Waals surface area (Å²) >= 11 is 5.94. The Morgan fingerprint density at radius 1 is 1.04 bits per heavy atom. The number of hydrogen-bond acceptors (Lipinski definition) is 2. The first-order chi connectivity index (χ1) is 11.6. The molecule has 118 valence electrons. The van der Waals surface area contributed by atoms with E-state index in [0.29, 0.717) is 0 Å². The molecule has 4 aromatic rings. The van der Waals surface area contributed by atoms with Gasteiger partial charge in [0.2, 0.25) is 0 Å². The average Bonchev–Trinajstić information content (AvgIpc) is 3.04. The maximum Gasteiger partial charge on any atom is 0.141 e. The first-order valence-electron chi connectivity index (χ1n) is 7.47. The van der Waals surface area contributed by atoms with Crippen LogP contribution in [0.4, 0.5) is 4.39 Å². The summed E-state index contributed by atoms with van der Waals surface area (Å²) in [4.78, 5) is 8.80. The Morgan fingerprint density at radius 2 is 1.92 bits per heavy atom. The zero-order valence-corrected chi connectivity index (χ0v) is 13.6. The van der Waals surface area contributed by atoms with E-state index in [0.717, 1.165) is 33.6 Å². The lowest BCUT2D eigenvalue weighted by Crippen LogP contribution is -1.94. The molecule has 0 aliphatic rings. The van der Waals surface area contributed by atoms with Crippen LogP contribution in [-0.4, -0.2) is 14.4 Å². The van der Waals surface area contributed by atoms with E-state index in [-0.39, 0.29) is 5.02 Å². The number of halogens is 2. The van der Waals surface area contributed by atoms with Crippen LogP contribution in [0.5, 0.6) is 0 Å². The van der Waals surface area contributed by atoms with E-state index in [1.165, 1.54) is 6.07 Å². The predicted octanol–water partition coefficient (Wildman–Crippen LogP) is 5.16. The molecule has 3 aromatic heterocycles. The molecule has 0 aliphatic heterocycles. The van der Waals surface area contributed by atoms with Crippen molar-refractivity contribution in [2.24, 2.45) is 0 Å². The van der Waals surface area contributed by atoms with Crippen LogP contribution in [-0.2, 0) is 0 Å². The Morgan fingerprint density at radius 3 is 2.75 bits per heavy atom. The first kappa shape index (κ1) is 14.8. The number of hydrogen-bond donors (Lipinski definition) is 0. The van der Waals surface area contributed by atoms with Crippen LogP contribution in [0.25, 0.3) is 28.0 Å². The van der Waals surface area contributed by atoms with Crippen molar-refractivity contribution >= 4 is 17.2 Å². The molecule has 4 rings (SSSR count). The number of pyridine rings is 2. The van der Waals surface area contributed by atoms with Gasteiger partial charge in [-0.25, -0.2) is 9.37 Å². The highest BCUT2D eigenvalue weighted by atomic mass is 35.5. The Hall–Kier alpha value is -2.72. The number of nitrogens with zero attached hydrogens (tertiary/aromatic N) is 3. The average molecular weight is 338 g/mol. The van der Waals surface area contributed by atoms with Gasteiger partial charge in [-0.3, -0.25) is 4.98 Å². The minimum absolute atomic E-state index is 0.0888. The zero-order valence-electron chi connectivity index (χ0n) is 12.9. The standard InChI is InChI=1S/C19H13ClFN3/c1-12-9-18-22-7-8-24(18)11-15(12)14-3-2-6-23-19(14)13-4-5-17(21)16(20)10-13/h2-11H,1H3. The van der Waals surface area contributed by atoms with Gasteiger partial charge in [0.15, 0.2) is 0 Å². The van der Waals surface area contributed by atoms with Crippen LogP contribution >= 0.6 is 11.6 Å². The molecule has 0 amide bonds. The van der Waals surface area contributed by atoms with Crippen LogP contribution in [0.1, 0.15) is 5.56 Å². The fourth-order valence-electron chi connectivity index (χ4n) is 2.84. The lowest BCUT2D eigenvalue weighted by atomic mass is 9.97. The number of aromatic nitrogens is 3. The molecule has 0 aliphatic carbocycles. The zero-order chi connectivity index (χ0) is 16.7. The highest BCUT2D eigenvalue weighted by molar-refractivity contribution is 6.31. The summed E-state index contributed by atoms with van der Waals surface area (Å²) in [5.74, 6) is -0.436. The monoisotopic (exact) mass is 337 g/mol. The molecule has 24 heavy (non-hydrogen) atoms. The quantitative estimate of drug-likeness (QED) is 0.505. The SMILES string of the molecule is Cc1cc2nccn2cc1-c1cccnc1-c1ccc(F)c(Cl)c1. The fraction of sp³-hybridized carbons (Fsp3) is 0.0526. The van der Waals surface area contributed by atoms with E-state index in [1.54, 1.807) is 24.5 Å². The van der Waals surface area contributed by atoms with Crippen molar-refractivity contribution < 1.29 is 4.39 Å². The van der Waals surface area contributed by atoms with Crippen molar-refractivity contribution in [1.29, 1.82) is 0 Å². The topological polar surface area (TPSA) is 30.2 Å². The summed E-state index contributed by atoms with van der Waals surface area (Å²) in [5.41, 5.74) is 5.55. The molecule has 0 unspecified atom stereocenters. The molecule has 0 bridgehead atoms. The maximum absolute atomic E-state index is 13.5. The lowest BCUT2D eigenvalue weighted by Gasteiger charge is -2.12. The summed E-state index contributed by atoms with van der Waals surface area (Å²) in [7, 11) is 0. The van der Waals surface area contributed by atoms with E-state index in [9.17, 15) is 4.39 Å². The van der Waals surface area contributed by atoms with Crippen molar-refractivity contribution in [2.45, 2.75) is 6.92 Å². The first-order valence-corrected chi connectivity index (χ1v) is 7.85. The van der Waals surface area contributed by atoms with Crippen LogP contribution in [0.3, 0.4) is 0 Å². The second-order valence-corrected chi connectivity index (χ2v) is 6.00. The smallest absolute Gasteiger partial charge is 0.141 e. The van der Waals surface area contributed by atoms with Gasteiger partial charge in [-0.15, -0.1) is 0 Å². The fourth-order valence-corrected chi connectivity index (χ4v) is 3.02. The second-order valence-electron chi connectivity index (χ2n) is 5.59. The molecule has 3 nitrogen and oxygen atoms in total.